The number of methoxy groups -OCH3 is 4. The van der Waals surface area contributed by atoms with Gasteiger partial charge in [0.25, 0.3) is 10.1 Å². The summed E-state index contributed by atoms with van der Waals surface area (Å²) in [4.78, 5) is 4.36. The number of anilines is 6. The highest BCUT2D eigenvalue weighted by atomic mass is 32.2. The fourth-order valence-electron chi connectivity index (χ4n) is 9.12. The minimum Gasteiger partial charge on any atom is -0.497 e. The van der Waals surface area contributed by atoms with Crippen molar-refractivity contribution < 1.29 is 31.9 Å². The third-order valence-electron chi connectivity index (χ3n) is 12.5. The van der Waals surface area contributed by atoms with E-state index in [1.54, 1.807) is 47.5 Å². The Morgan fingerprint density at radius 2 is 0.783 bits per heavy atom. The molecule has 1 atom stereocenters. The Balaban J connectivity index is 1.17. The lowest BCUT2D eigenvalue weighted by Gasteiger charge is -2.26. The zero-order valence-corrected chi connectivity index (χ0v) is 39.9. The van der Waals surface area contributed by atoms with Crippen LogP contribution in [0.4, 0.5) is 34.1 Å². The van der Waals surface area contributed by atoms with Gasteiger partial charge in [-0.2, -0.15) is 8.42 Å². The Kier molecular flexibility index (Phi) is 13.4. The number of hydrogen-bond donors (Lipinski definition) is 1. The van der Waals surface area contributed by atoms with Crippen molar-refractivity contribution >= 4 is 66.0 Å². The van der Waals surface area contributed by atoms with Crippen LogP contribution in [-0.4, -0.2) is 51.2 Å². The van der Waals surface area contributed by atoms with Crippen molar-refractivity contribution in [1.29, 1.82) is 0 Å². The van der Waals surface area contributed by atoms with Crippen LogP contribution in [-0.2, 0) is 16.7 Å². The Labute approximate surface area is 403 Å². The second-order valence-corrected chi connectivity index (χ2v) is 18.1. The molecule has 9 rings (SSSR count). The van der Waals surface area contributed by atoms with Gasteiger partial charge in [0.1, 0.15) is 28.2 Å². The first-order valence-corrected chi connectivity index (χ1v) is 24.1. The molecule has 11 heteroatoms. The van der Waals surface area contributed by atoms with Gasteiger partial charge in [0, 0.05) is 62.6 Å². The Morgan fingerprint density at radius 1 is 0.478 bits per heavy atom. The van der Waals surface area contributed by atoms with E-state index in [-0.39, 0.29) is 6.42 Å². The summed E-state index contributed by atoms with van der Waals surface area (Å²) in [7, 11) is 2.25. The SMILES string of the molecule is C/C=C/C(CCn1c2c(-c3ccc(N(c4ccc(OC)cc4)c4ccc(OC)cc4)cc3)cccc2c2cccc(-c3ccc(N(c4ccc(OC)cc4)c4ccc(OC)cc4)cc3)c21)S(=O)(=O)O. The maximum Gasteiger partial charge on any atom is 0.271 e. The fourth-order valence-corrected chi connectivity index (χ4v) is 9.88. The highest BCUT2D eigenvalue weighted by Gasteiger charge is 2.24. The van der Waals surface area contributed by atoms with Crippen LogP contribution in [0.5, 0.6) is 23.0 Å². The van der Waals surface area contributed by atoms with Crippen LogP contribution < -0.4 is 28.7 Å². The fraction of sp³-hybridized carbons (Fsp3) is 0.138. The predicted octanol–water partition coefficient (Wildman–Crippen LogP) is 14.3. The Morgan fingerprint density at radius 3 is 1.06 bits per heavy atom. The summed E-state index contributed by atoms with van der Waals surface area (Å²) in [6.45, 7) is 2.07. The van der Waals surface area contributed by atoms with E-state index in [9.17, 15) is 13.0 Å². The van der Waals surface area contributed by atoms with E-state index < -0.39 is 15.4 Å². The molecule has 0 amide bonds. The average molecular weight is 936 g/mol. The van der Waals surface area contributed by atoms with Gasteiger partial charge in [0.2, 0.25) is 0 Å². The number of aryl methyl sites for hydroxylation is 1. The van der Waals surface area contributed by atoms with E-state index in [1.165, 1.54) is 0 Å². The van der Waals surface area contributed by atoms with Crippen LogP contribution in [0.3, 0.4) is 0 Å². The van der Waals surface area contributed by atoms with E-state index in [0.717, 1.165) is 101 Å². The third kappa shape index (κ3) is 9.47. The van der Waals surface area contributed by atoms with Crippen molar-refractivity contribution in [2.24, 2.45) is 0 Å². The van der Waals surface area contributed by atoms with Gasteiger partial charge in [0.15, 0.2) is 0 Å². The van der Waals surface area contributed by atoms with Crippen molar-refractivity contribution in [3.63, 3.8) is 0 Å². The molecule has 0 bridgehead atoms. The molecule has 0 radical (unpaired) electrons. The second kappa shape index (κ2) is 20.1. The lowest BCUT2D eigenvalue weighted by atomic mass is 9.99. The highest BCUT2D eigenvalue weighted by molar-refractivity contribution is 7.86. The van der Waals surface area contributed by atoms with E-state index >= 15 is 0 Å². The largest absolute Gasteiger partial charge is 0.497 e. The summed E-state index contributed by atoms with van der Waals surface area (Å²) in [5, 5.41) is 0.974. The first kappa shape index (κ1) is 46.1. The summed E-state index contributed by atoms with van der Waals surface area (Å²) in [5.41, 5.74) is 11.6. The number of nitrogens with zero attached hydrogens (tertiary/aromatic N) is 3. The maximum absolute atomic E-state index is 12.8. The number of ether oxygens (including phenoxy) is 4. The van der Waals surface area contributed by atoms with E-state index in [0.29, 0.717) is 6.54 Å². The normalized spacial score (nSPS) is 12.0. The average Bonchev–Trinajstić information content (AvgIpc) is 3.72. The first-order chi connectivity index (χ1) is 33.6. The van der Waals surface area contributed by atoms with Crippen molar-refractivity contribution in [3.05, 3.63) is 194 Å². The lowest BCUT2D eigenvalue weighted by molar-refractivity contribution is 0.414. The maximum atomic E-state index is 12.8. The van der Waals surface area contributed by atoms with Crippen LogP contribution in [0.1, 0.15) is 13.3 Å². The van der Waals surface area contributed by atoms with Crippen LogP contribution in [0, 0.1) is 0 Å². The monoisotopic (exact) mass is 935 g/mol. The van der Waals surface area contributed by atoms with Gasteiger partial charge in [-0.15, -0.1) is 0 Å². The zero-order chi connectivity index (χ0) is 48.1. The molecule has 0 saturated heterocycles. The summed E-state index contributed by atoms with van der Waals surface area (Å²) in [6, 6.07) is 61.5. The van der Waals surface area contributed by atoms with E-state index in [4.69, 9.17) is 18.9 Å². The second-order valence-electron chi connectivity index (χ2n) is 16.5. The number of hydrogen-bond acceptors (Lipinski definition) is 8. The first-order valence-electron chi connectivity index (χ1n) is 22.6. The summed E-state index contributed by atoms with van der Waals surface area (Å²) < 4.78 is 60.1. The van der Waals surface area contributed by atoms with Crippen molar-refractivity contribution in [2.45, 2.75) is 25.1 Å². The molecule has 0 aliphatic heterocycles. The number of aromatic nitrogens is 1. The summed E-state index contributed by atoms with van der Waals surface area (Å²) in [6.07, 6.45) is 3.38. The van der Waals surface area contributed by atoms with Crippen LogP contribution in [0.2, 0.25) is 0 Å². The summed E-state index contributed by atoms with van der Waals surface area (Å²) in [5.74, 6) is 3.06. The number of benzene rings is 8. The molecule has 9 aromatic rings. The van der Waals surface area contributed by atoms with Crippen molar-refractivity contribution in [3.8, 4) is 45.3 Å². The van der Waals surface area contributed by atoms with Gasteiger partial charge in [0.05, 0.1) is 39.5 Å². The molecule has 1 N–H and O–H groups in total. The molecule has 0 saturated carbocycles. The third-order valence-corrected chi connectivity index (χ3v) is 13.7. The lowest BCUT2D eigenvalue weighted by Crippen LogP contribution is -2.20. The molecule has 10 nitrogen and oxygen atoms in total. The zero-order valence-electron chi connectivity index (χ0n) is 39.1. The molecule has 348 valence electrons. The molecule has 0 spiro atoms. The standard InChI is InChI=1S/C58H53N3O7S/c1-6-9-52(69(62,63)64)38-39-59-57-53(40-14-18-42(19-15-40)60(44-22-30-48(65-2)31-23-44)45-24-32-49(66-3)33-25-45)10-7-12-55(57)56-13-8-11-54(58(56)59)41-16-20-43(21-17-41)61(46-26-34-50(67-4)35-27-46)47-28-36-51(68-5)37-29-47/h6-37,52H,38-39H2,1-5H3,(H,62,63,64)/b9-6+. The van der Waals surface area contributed by atoms with Gasteiger partial charge in [-0.1, -0.05) is 72.8 Å². The number of allylic oxidation sites excluding steroid dienone is 1. The minimum atomic E-state index is -4.38. The topological polar surface area (TPSA) is 103 Å². The molecule has 0 aliphatic rings. The number of para-hydroxylation sites is 2. The summed E-state index contributed by atoms with van der Waals surface area (Å²) >= 11 is 0. The van der Waals surface area contributed by atoms with Gasteiger partial charge in [-0.25, -0.2) is 0 Å². The molecule has 0 aliphatic carbocycles. The molecule has 1 unspecified atom stereocenters. The molecule has 1 aromatic heterocycles. The molecule has 8 aromatic carbocycles. The number of fused-ring (bicyclic) bond motifs is 3. The molecule has 1 heterocycles. The molecule has 0 fully saturated rings. The number of rotatable bonds is 17. The Bertz CT molecular complexity index is 3040. The van der Waals surface area contributed by atoms with E-state index in [1.807, 2.05) is 97.1 Å². The van der Waals surface area contributed by atoms with Gasteiger partial charge in [-0.3, -0.25) is 4.55 Å². The van der Waals surface area contributed by atoms with Crippen molar-refractivity contribution in [2.75, 3.05) is 38.2 Å². The predicted molar refractivity (Wildman–Crippen MR) is 281 cm³/mol. The van der Waals surface area contributed by atoms with Crippen LogP contribution in [0.15, 0.2) is 194 Å². The molecule has 69 heavy (non-hydrogen) atoms. The van der Waals surface area contributed by atoms with Gasteiger partial charge in [-0.05, 0) is 146 Å². The smallest absolute Gasteiger partial charge is 0.271 e. The van der Waals surface area contributed by atoms with E-state index in [2.05, 4.69) is 99.3 Å². The van der Waals surface area contributed by atoms with Crippen molar-refractivity contribution in [1.82, 2.24) is 4.57 Å². The van der Waals surface area contributed by atoms with Gasteiger partial charge < -0.3 is 33.3 Å². The van der Waals surface area contributed by atoms with Crippen LogP contribution >= 0.6 is 0 Å². The van der Waals surface area contributed by atoms with Gasteiger partial charge >= 0.3 is 0 Å². The molecular formula is C58H53N3O7S. The Hall–Kier alpha value is -7.99. The van der Waals surface area contributed by atoms with Crippen LogP contribution in [0.25, 0.3) is 44.1 Å². The molecular weight excluding hydrogens is 883 g/mol. The minimum absolute atomic E-state index is 0.153. The quantitative estimate of drug-likeness (QED) is 0.0706. The highest BCUT2D eigenvalue weighted by Crippen LogP contribution is 2.44.